The third kappa shape index (κ3) is 3.91. The number of ether oxygens (including phenoxy) is 2. The van der Waals surface area contributed by atoms with Crippen LogP contribution in [0.15, 0.2) is 58.6 Å². The molecule has 1 amide bonds. The highest BCUT2D eigenvalue weighted by atomic mass is 16.5. The van der Waals surface area contributed by atoms with E-state index in [1.165, 1.54) is 0 Å². The van der Waals surface area contributed by atoms with Gasteiger partial charge in [0.25, 0.3) is 5.91 Å². The van der Waals surface area contributed by atoms with Crippen molar-refractivity contribution >= 4 is 12.0 Å². The Balaban J connectivity index is 1.22. The molecule has 7 nitrogen and oxygen atoms in total. The highest BCUT2D eigenvalue weighted by Crippen LogP contribution is 2.31. The Kier molecular flexibility index (Phi) is 5.16. The van der Waals surface area contributed by atoms with Crippen molar-refractivity contribution in [3.8, 4) is 22.9 Å². The van der Waals surface area contributed by atoms with Crippen molar-refractivity contribution in [3.63, 3.8) is 0 Å². The molecule has 0 saturated carbocycles. The fourth-order valence-electron chi connectivity index (χ4n) is 4.03. The number of likely N-dealkylation sites (tertiary alicyclic amines) is 1. The third-order valence-electron chi connectivity index (χ3n) is 5.83. The number of nitrogens with zero attached hydrogens (tertiary/aromatic N) is 3. The standard InChI is InChI=1S/C24H23N3O4/c1-29-20-8-6-16(7-9-20)22-25-23(31-26-22)17-10-12-27(13-11-17)24(28)19-14-18-4-2-3-5-21(18)30-15-19/h2-9,14,17H,10-13,15H2,1H3. The summed E-state index contributed by atoms with van der Waals surface area (Å²) in [6, 6.07) is 15.3. The molecule has 158 valence electrons. The molecule has 31 heavy (non-hydrogen) atoms. The number of fused-ring (bicyclic) bond motifs is 1. The van der Waals surface area contributed by atoms with Gasteiger partial charge in [-0.1, -0.05) is 23.4 Å². The lowest BCUT2D eigenvalue weighted by atomic mass is 9.96. The molecule has 1 fully saturated rings. The summed E-state index contributed by atoms with van der Waals surface area (Å²) in [7, 11) is 1.63. The lowest BCUT2D eigenvalue weighted by molar-refractivity contribution is -0.128. The Bertz CT molecular complexity index is 1110. The van der Waals surface area contributed by atoms with Gasteiger partial charge < -0.3 is 18.9 Å². The van der Waals surface area contributed by atoms with E-state index in [2.05, 4.69) is 10.1 Å². The molecule has 2 aromatic carbocycles. The lowest BCUT2D eigenvalue weighted by Crippen LogP contribution is -2.40. The van der Waals surface area contributed by atoms with Gasteiger partial charge in [-0.3, -0.25) is 4.79 Å². The van der Waals surface area contributed by atoms with Crippen molar-refractivity contribution in [1.82, 2.24) is 15.0 Å². The Morgan fingerprint density at radius 3 is 2.65 bits per heavy atom. The largest absolute Gasteiger partial charge is 0.497 e. The fourth-order valence-corrected chi connectivity index (χ4v) is 4.03. The van der Waals surface area contributed by atoms with Crippen LogP contribution in [-0.2, 0) is 4.79 Å². The van der Waals surface area contributed by atoms with E-state index in [4.69, 9.17) is 14.0 Å². The number of hydrogen-bond acceptors (Lipinski definition) is 6. The maximum atomic E-state index is 13.0. The molecule has 0 bridgehead atoms. The van der Waals surface area contributed by atoms with Crippen LogP contribution in [0.25, 0.3) is 17.5 Å². The number of amides is 1. The van der Waals surface area contributed by atoms with Crippen LogP contribution in [-0.4, -0.2) is 47.8 Å². The maximum Gasteiger partial charge on any atom is 0.253 e. The van der Waals surface area contributed by atoms with Crippen LogP contribution in [0.4, 0.5) is 0 Å². The summed E-state index contributed by atoms with van der Waals surface area (Å²) in [6.07, 6.45) is 3.52. The van der Waals surface area contributed by atoms with Gasteiger partial charge in [-0.2, -0.15) is 4.98 Å². The molecule has 7 heteroatoms. The van der Waals surface area contributed by atoms with E-state index in [0.717, 1.165) is 35.5 Å². The fraction of sp³-hybridized carbons (Fsp3) is 0.292. The van der Waals surface area contributed by atoms with Crippen LogP contribution in [0.2, 0.25) is 0 Å². The molecule has 0 spiro atoms. The van der Waals surface area contributed by atoms with E-state index in [1.807, 2.05) is 59.5 Å². The topological polar surface area (TPSA) is 77.7 Å². The van der Waals surface area contributed by atoms with Crippen LogP contribution in [0.1, 0.15) is 30.2 Å². The lowest BCUT2D eigenvalue weighted by Gasteiger charge is -2.31. The molecule has 0 N–H and O–H groups in total. The number of carbonyl (C=O) groups excluding carboxylic acids is 1. The van der Waals surface area contributed by atoms with Gasteiger partial charge in [0.1, 0.15) is 18.1 Å². The molecule has 1 saturated heterocycles. The van der Waals surface area contributed by atoms with E-state index in [0.29, 0.717) is 37.0 Å². The first-order valence-corrected chi connectivity index (χ1v) is 10.4. The van der Waals surface area contributed by atoms with E-state index in [-0.39, 0.29) is 11.8 Å². The first-order valence-electron chi connectivity index (χ1n) is 10.4. The number of rotatable bonds is 4. The predicted octanol–water partition coefficient (Wildman–Crippen LogP) is 3.93. The van der Waals surface area contributed by atoms with Crippen molar-refractivity contribution in [3.05, 3.63) is 65.6 Å². The average Bonchev–Trinajstić information content (AvgIpc) is 3.34. The quantitative estimate of drug-likeness (QED) is 0.640. The zero-order valence-corrected chi connectivity index (χ0v) is 17.3. The summed E-state index contributed by atoms with van der Waals surface area (Å²) >= 11 is 0. The molecule has 2 aliphatic rings. The minimum atomic E-state index is 0.0393. The molecule has 0 atom stereocenters. The molecule has 3 heterocycles. The number of methoxy groups -OCH3 is 1. The van der Waals surface area contributed by atoms with Crippen molar-refractivity contribution in [2.24, 2.45) is 0 Å². The summed E-state index contributed by atoms with van der Waals surface area (Å²) in [5, 5.41) is 4.13. The van der Waals surface area contributed by atoms with Crippen molar-refractivity contribution in [2.45, 2.75) is 18.8 Å². The molecule has 3 aromatic rings. The monoisotopic (exact) mass is 417 g/mol. The van der Waals surface area contributed by atoms with E-state index in [1.54, 1.807) is 7.11 Å². The minimum Gasteiger partial charge on any atom is -0.497 e. The first kappa shape index (κ1) is 19.4. The summed E-state index contributed by atoms with van der Waals surface area (Å²) in [6.45, 7) is 1.62. The van der Waals surface area contributed by atoms with Crippen LogP contribution < -0.4 is 9.47 Å². The second kappa shape index (κ2) is 8.26. The molecule has 0 radical (unpaired) electrons. The molecule has 0 aliphatic carbocycles. The number of hydrogen-bond donors (Lipinski definition) is 0. The summed E-state index contributed by atoms with van der Waals surface area (Å²) < 4.78 is 16.5. The normalized spacial score (nSPS) is 16.3. The second-order valence-electron chi connectivity index (χ2n) is 7.75. The van der Waals surface area contributed by atoms with Gasteiger partial charge in [0.05, 0.1) is 12.7 Å². The highest BCUT2D eigenvalue weighted by molar-refractivity contribution is 5.99. The van der Waals surface area contributed by atoms with Crippen molar-refractivity contribution < 1.29 is 18.8 Å². The van der Waals surface area contributed by atoms with E-state index in [9.17, 15) is 4.79 Å². The number of para-hydroxylation sites is 1. The van der Waals surface area contributed by atoms with Gasteiger partial charge >= 0.3 is 0 Å². The Hall–Kier alpha value is -3.61. The minimum absolute atomic E-state index is 0.0393. The summed E-state index contributed by atoms with van der Waals surface area (Å²) in [4.78, 5) is 19.4. The summed E-state index contributed by atoms with van der Waals surface area (Å²) in [5.41, 5.74) is 2.52. The maximum absolute atomic E-state index is 13.0. The molecular formula is C24H23N3O4. The van der Waals surface area contributed by atoms with Gasteiger partial charge in [0, 0.05) is 30.1 Å². The number of benzene rings is 2. The second-order valence-corrected chi connectivity index (χ2v) is 7.75. The van der Waals surface area contributed by atoms with Crippen LogP contribution in [0, 0.1) is 0 Å². The predicted molar refractivity (Wildman–Crippen MR) is 115 cm³/mol. The zero-order valence-electron chi connectivity index (χ0n) is 17.3. The molecule has 2 aliphatic heterocycles. The van der Waals surface area contributed by atoms with E-state index < -0.39 is 0 Å². The third-order valence-corrected chi connectivity index (χ3v) is 5.83. The molecule has 1 aromatic heterocycles. The SMILES string of the molecule is COc1ccc(-c2noc(C3CCN(C(=O)C4=Cc5ccccc5OC4)CC3)n2)cc1. The molecule has 5 rings (SSSR count). The number of aromatic nitrogens is 2. The average molecular weight is 417 g/mol. The van der Waals surface area contributed by atoms with Crippen LogP contribution >= 0.6 is 0 Å². The van der Waals surface area contributed by atoms with Crippen molar-refractivity contribution in [2.75, 3.05) is 26.8 Å². The Morgan fingerprint density at radius 1 is 1.10 bits per heavy atom. The van der Waals surface area contributed by atoms with Gasteiger partial charge in [0.2, 0.25) is 11.7 Å². The number of carbonyl (C=O) groups is 1. The van der Waals surface area contributed by atoms with Gasteiger partial charge in [0.15, 0.2) is 0 Å². The van der Waals surface area contributed by atoms with Gasteiger partial charge in [-0.15, -0.1) is 0 Å². The van der Waals surface area contributed by atoms with Gasteiger partial charge in [-0.05, 0) is 49.2 Å². The zero-order chi connectivity index (χ0) is 21.2. The van der Waals surface area contributed by atoms with Crippen LogP contribution in [0.5, 0.6) is 11.5 Å². The Labute approximate surface area is 180 Å². The van der Waals surface area contributed by atoms with Gasteiger partial charge in [-0.25, -0.2) is 0 Å². The summed E-state index contributed by atoms with van der Waals surface area (Å²) in [5.74, 6) is 3.00. The Morgan fingerprint density at radius 2 is 1.87 bits per heavy atom. The highest BCUT2D eigenvalue weighted by Gasteiger charge is 2.30. The molecular weight excluding hydrogens is 394 g/mol. The van der Waals surface area contributed by atoms with Crippen molar-refractivity contribution in [1.29, 1.82) is 0 Å². The smallest absolute Gasteiger partial charge is 0.253 e. The van der Waals surface area contributed by atoms with Crippen LogP contribution in [0.3, 0.4) is 0 Å². The molecule has 0 unspecified atom stereocenters. The number of piperidine rings is 1. The first-order chi connectivity index (χ1) is 15.2. The van der Waals surface area contributed by atoms with E-state index >= 15 is 0 Å².